The molecule has 4 nitrogen and oxygen atoms in total. The standard InChI is InChI=1S/C15H31N3O/c1-14(2)12-18(15(14,3)4)13(16-5)17-10-8-7-9-11-19-6/h7-12H2,1-6H3,(H,16,17). The van der Waals surface area contributed by atoms with Gasteiger partial charge in [-0.05, 0) is 33.1 Å². The van der Waals surface area contributed by atoms with Crippen LogP contribution in [0.3, 0.4) is 0 Å². The number of nitrogens with zero attached hydrogens (tertiary/aromatic N) is 2. The summed E-state index contributed by atoms with van der Waals surface area (Å²) in [5, 5.41) is 3.48. The summed E-state index contributed by atoms with van der Waals surface area (Å²) >= 11 is 0. The molecular weight excluding hydrogens is 238 g/mol. The molecule has 0 aliphatic carbocycles. The topological polar surface area (TPSA) is 36.9 Å². The number of likely N-dealkylation sites (tertiary alicyclic amines) is 1. The van der Waals surface area contributed by atoms with E-state index in [0.717, 1.165) is 32.1 Å². The Morgan fingerprint density at radius 3 is 2.37 bits per heavy atom. The lowest BCUT2D eigenvalue weighted by atomic mass is 9.65. The molecule has 4 heteroatoms. The van der Waals surface area contributed by atoms with Crippen molar-refractivity contribution in [3.63, 3.8) is 0 Å². The van der Waals surface area contributed by atoms with E-state index >= 15 is 0 Å². The molecule has 1 rings (SSSR count). The predicted octanol–water partition coefficient (Wildman–Crippen LogP) is 2.50. The van der Waals surface area contributed by atoms with E-state index in [1.165, 1.54) is 12.8 Å². The number of ether oxygens (including phenoxy) is 1. The first-order valence-corrected chi connectivity index (χ1v) is 7.34. The van der Waals surface area contributed by atoms with Gasteiger partial charge in [-0.1, -0.05) is 13.8 Å². The Balaban J connectivity index is 2.32. The lowest BCUT2D eigenvalue weighted by Gasteiger charge is -2.62. The third kappa shape index (κ3) is 3.62. The number of guanidine groups is 1. The highest BCUT2D eigenvalue weighted by Crippen LogP contribution is 2.46. The molecule has 0 aromatic heterocycles. The molecule has 1 N–H and O–H groups in total. The zero-order valence-corrected chi connectivity index (χ0v) is 13.5. The Labute approximate surface area is 118 Å². The number of rotatable bonds is 6. The normalized spacial score (nSPS) is 21.2. The monoisotopic (exact) mass is 269 g/mol. The van der Waals surface area contributed by atoms with Crippen LogP contribution in [-0.2, 0) is 4.74 Å². The summed E-state index contributed by atoms with van der Waals surface area (Å²) in [5.41, 5.74) is 0.522. The third-order valence-electron chi connectivity index (χ3n) is 4.66. The maximum absolute atomic E-state index is 5.05. The minimum Gasteiger partial charge on any atom is -0.385 e. The molecule has 1 aliphatic heterocycles. The highest BCUT2D eigenvalue weighted by atomic mass is 16.5. The first-order valence-electron chi connectivity index (χ1n) is 7.34. The Morgan fingerprint density at radius 1 is 1.21 bits per heavy atom. The van der Waals surface area contributed by atoms with E-state index in [1.54, 1.807) is 7.11 Å². The van der Waals surface area contributed by atoms with Gasteiger partial charge in [-0.25, -0.2) is 0 Å². The number of nitrogens with one attached hydrogen (secondary N) is 1. The fraction of sp³-hybridized carbons (Fsp3) is 0.933. The Morgan fingerprint density at radius 2 is 1.89 bits per heavy atom. The second-order valence-corrected chi connectivity index (χ2v) is 6.56. The van der Waals surface area contributed by atoms with Crippen LogP contribution in [0, 0.1) is 5.41 Å². The van der Waals surface area contributed by atoms with Crippen LogP contribution in [0.2, 0.25) is 0 Å². The number of aliphatic imine (C=N–C) groups is 1. The van der Waals surface area contributed by atoms with Crippen LogP contribution in [0.1, 0.15) is 47.0 Å². The minimum atomic E-state index is 0.172. The summed E-state index contributed by atoms with van der Waals surface area (Å²) in [7, 11) is 3.63. The van der Waals surface area contributed by atoms with Crippen molar-refractivity contribution in [1.82, 2.24) is 10.2 Å². The van der Waals surface area contributed by atoms with Gasteiger partial charge in [0.15, 0.2) is 5.96 Å². The number of methoxy groups -OCH3 is 1. The molecule has 1 saturated heterocycles. The molecule has 0 amide bonds. The molecule has 0 radical (unpaired) electrons. The average molecular weight is 269 g/mol. The summed E-state index contributed by atoms with van der Waals surface area (Å²) in [6.07, 6.45) is 3.51. The van der Waals surface area contributed by atoms with E-state index in [9.17, 15) is 0 Å². The van der Waals surface area contributed by atoms with Crippen molar-refractivity contribution < 1.29 is 4.74 Å². The van der Waals surface area contributed by atoms with E-state index in [-0.39, 0.29) is 5.54 Å². The van der Waals surface area contributed by atoms with Gasteiger partial charge >= 0.3 is 0 Å². The van der Waals surface area contributed by atoms with Gasteiger partial charge in [0, 0.05) is 44.8 Å². The first kappa shape index (κ1) is 16.3. The van der Waals surface area contributed by atoms with Crippen molar-refractivity contribution >= 4 is 5.96 Å². The fourth-order valence-corrected chi connectivity index (χ4v) is 2.44. The van der Waals surface area contributed by atoms with Crippen LogP contribution < -0.4 is 5.32 Å². The van der Waals surface area contributed by atoms with E-state index < -0.39 is 0 Å². The molecular formula is C15H31N3O. The third-order valence-corrected chi connectivity index (χ3v) is 4.66. The van der Waals surface area contributed by atoms with Gasteiger partial charge < -0.3 is 15.0 Å². The number of unbranched alkanes of at least 4 members (excludes halogenated alkanes) is 2. The maximum Gasteiger partial charge on any atom is 0.194 e. The molecule has 0 spiro atoms. The van der Waals surface area contributed by atoms with E-state index in [2.05, 4.69) is 42.9 Å². The fourth-order valence-electron chi connectivity index (χ4n) is 2.44. The quantitative estimate of drug-likeness (QED) is 0.457. The predicted molar refractivity (Wildman–Crippen MR) is 81.7 cm³/mol. The van der Waals surface area contributed by atoms with Crippen molar-refractivity contribution in [3.05, 3.63) is 0 Å². The average Bonchev–Trinajstić information content (AvgIpc) is 2.36. The summed E-state index contributed by atoms with van der Waals surface area (Å²) in [5.74, 6) is 1.04. The van der Waals surface area contributed by atoms with Crippen molar-refractivity contribution in [2.45, 2.75) is 52.5 Å². The van der Waals surface area contributed by atoms with Gasteiger partial charge in [0.25, 0.3) is 0 Å². The summed E-state index contributed by atoms with van der Waals surface area (Å²) < 4.78 is 5.05. The molecule has 112 valence electrons. The molecule has 1 aliphatic rings. The Kier molecular flexibility index (Phi) is 5.65. The SMILES string of the molecule is CN=C(NCCCCCOC)N1CC(C)(C)C1(C)C. The van der Waals surface area contributed by atoms with Gasteiger partial charge in [0.05, 0.1) is 0 Å². The van der Waals surface area contributed by atoms with E-state index in [1.807, 2.05) is 7.05 Å². The van der Waals surface area contributed by atoms with Crippen LogP contribution in [0.15, 0.2) is 4.99 Å². The number of hydrogen-bond acceptors (Lipinski definition) is 2. The molecule has 0 aromatic rings. The van der Waals surface area contributed by atoms with Gasteiger partial charge in [-0.2, -0.15) is 0 Å². The van der Waals surface area contributed by atoms with Crippen molar-refractivity contribution in [3.8, 4) is 0 Å². The summed E-state index contributed by atoms with van der Waals surface area (Å²) in [6, 6.07) is 0. The van der Waals surface area contributed by atoms with Gasteiger partial charge in [0.1, 0.15) is 0 Å². The summed E-state index contributed by atoms with van der Waals surface area (Å²) in [6.45, 7) is 12.2. The van der Waals surface area contributed by atoms with Crippen molar-refractivity contribution in [1.29, 1.82) is 0 Å². The lowest BCUT2D eigenvalue weighted by Crippen LogP contribution is -2.72. The van der Waals surface area contributed by atoms with Crippen LogP contribution in [0.25, 0.3) is 0 Å². The molecule has 1 heterocycles. The van der Waals surface area contributed by atoms with Crippen molar-refractivity contribution in [2.75, 3.05) is 33.9 Å². The van der Waals surface area contributed by atoms with Crippen LogP contribution >= 0.6 is 0 Å². The Hall–Kier alpha value is -0.770. The van der Waals surface area contributed by atoms with Crippen LogP contribution in [0.5, 0.6) is 0 Å². The Bertz CT molecular complexity index is 311. The van der Waals surface area contributed by atoms with Crippen LogP contribution in [-0.4, -0.2) is 50.3 Å². The second-order valence-electron chi connectivity index (χ2n) is 6.56. The second kappa shape index (κ2) is 6.60. The molecule has 0 unspecified atom stereocenters. The maximum atomic E-state index is 5.05. The molecule has 19 heavy (non-hydrogen) atoms. The largest absolute Gasteiger partial charge is 0.385 e. The van der Waals surface area contributed by atoms with E-state index in [0.29, 0.717) is 5.41 Å². The smallest absolute Gasteiger partial charge is 0.194 e. The van der Waals surface area contributed by atoms with Crippen molar-refractivity contribution in [2.24, 2.45) is 10.4 Å². The minimum absolute atomic E-state index is 0.172. The number of hydrogen-bond donors (Lipinski definition) is 1. The highest BCUT2D eigenvalue weighted by molar-refractivity contribution is 5.81. The van der Waals surface area contributed by atoms with Gasteiger partial charge in [-0.3, -0.25) is 4.99 Å². The highest BCUT2D eigenvalue weighted by Gasteiger charge is 2.53. The van der Waals surface area contributed by atoms with Gasteiger partial charge in [0.2, 0.25) is 0 Å². The first-order chi connectivity index (χ1) is 8.86. The zero-order chi connectivity index (χ0) is 14.5. The van der Waals surface area contributed by atoms with Crippen LogP contribution in [0.4, 0.5) is 0 Å². The van der Waals surface area contributed by atoms with E-state index in [4.69, 9.17) is 4.74 Å². The molecule has 0 aromatic carbocycles. The molecule has 0 atom stereocenters. The van der Waals surface area contributed by atoms with Gasteiger partial charge in [-0.15, -0.1) is 0 Å². The molecule has 0 saturated carbocycles. The molecule has 0 bridgehead atoms. The zero-order valence-electron chi connectivity index (χ0n) is 13.5. The molecule has 1 fully saturated rings. The lowest BCUT2D eigenvalue weighted by molar-refractivity contribution is -0.0667. The summed E-state index contributed by atoms with van der Waals surface area (Å²) in [4.78, 5) is 6.79.